The molecule has 1 aliphatic carbocycles. The van der Waals surface area contributed by atoms with Crippen molar-refractivity contribution in [2.24, 2.45) is 10.4 Å². The maximum Gasteiger partial charge on any atom is 0.235 e. The molecule has 0 saturated heterocycles. The van der Waals surface area contributed by atoms with Crippen LogP contribution in [0.3, 0.4) is 0 Å². The van der Waals surface area contributed by atoms with Crippen LogP contribution < -0.4 is 9.47 Å². The van der Waals surface area contributed by atoms with E-state index in [0.717, 1.165) is 35.8 Å². The highest BCUT2D eigenvalue weighted by molar-refractivity contribution is 5.48. The minimum Gasteiger partial charge on any atom is -0.489 e. The summed E-state index contributed by atoms with van der Waals surface area (Å²) in [5.41, 5.74) is 2.28. The van der Waals surface area contributed by atoms with Gasteiger partial charge in [-0.2, -0.15) is 0 Å². The van der Waals surface area contributed by atoms with Crippen LogP contribution in [-0.4, -0.2) is 19.3 Å². The molecule has 0 amide bonds. The van der Waals surface area contributed by atoms with Gasteiger partial charge in [0.1, 0.15) is 0 Å². The first kappa shape index (κ1) is 11.3. The molecule has 0 radical (unpaired) electrons. The van der Waals surface area contributed by atoms with E-state index in [9.17, 15) is 4.79 Å². The van der Waals surface area contributed by atoms with Crippen molar-refractivity contribution in [3.63, 3.8) is 0 Å². The summed E-state index contributed by atoms with van der Waals surface area (Å²) in [5.74, 6) is 1.57. The smallest absolute Gasteiger partial charge is 0.235 e. The lowest BCUT2D eigenvalue weighted by molar-refractivity contribution is 0.197. The lowest BCUT2D eigenvalue weighted by Crippen LogP contribution is -2.17. The van der Waals surface area contributed by atoms with Crippen LogP contribution in [0.15, 0.2) is 17.1 Å². The van der Waals surface area contributed by atoms with Crippen LogP contribution in [0.4, 0.5) is 0 Å². The summed E-state index contributed by atoms with van der Waals surface area (Å²) < 4.78 is 11.7. The lowest BCUT2D eigenvalue weighted by Gasteiger charge is -2.10. The summed E-state index contributed by atoms with van der Waals surface area (Å²) in [4.78, 5) is 13.8. The average Bonchev–Trinajstić information content (AvgIpc) is 3.16. The Labute approximate surface area is 106 Å². The minimum absolute atomic E-state index is 0.244. The van der Waals surface area contributed by atoms with Gasteiger partial charge in [0.05, 0.1) is 19.8 Å². The van der Waals surface area contributed by atoms with Crippen LogP contribution in [0.1, 0.15) is 24.0 Å². The fraction of sp³-hybridized carbons (Fsp3) is 0.500. The number of carbonyl (C=O) groups excluding carboxylic acids is 1. The summed E-state index contributed by atoms with van der Waals surface area (Å²) in [6.45, 7) is 3.79. The van der Waals surface area contributed by atoms with E-state index in [4.69, 9.17) is 9.47 Å². The summed E-state index contributed by atoms with van der Waals surface area (Å²) in [6.07, 6.45) is 3.93. The topological polar surface area (TPSA) is 47.9 Å². The molecule has 4 nitrogen and oxygen atoms in total. The Kier molecular flexibility index (Phi) is 2.60. The van der Waals surface area contributed by atoms with Crippen molar-refractivity contribution in [2.75, 3.05) is 13.2 Å². The van der Waals surface area contributed by atoms with Crippen molar-refractivity contribution in [1.29, 1.82) is 0 Å². The number of benzene rings is 1. The molecule has 0 bridgehead atoms. The number of hydrogen-bond donors (Lipinski definition) is 0. The van der Waals surface area contributed by atoms with E-state index in [0.29, 0.717) is 6.54 Å². The number of nitrogens with zero attached hydrogens (tertiary/aromatic N) is 1. The largest absolute Gasteiger partial charge is 0.489 e. The van der Waals surface area contributed by atoms with E-state index < -0.39 is 0 Å². The molecule has 0 atom stereocenters. The predicted octanol–water partition coefficient (Wildman–Crippen LogP) is 2.38. The van der Waals surface area contributed by atoms with Gasteiger partial charge in [0.15, 0.2) is 11.5 Å². The minimum atomic E-state index is 0.244. The second-order valence-corrected chi connectivity index (χ2v) is 5.21. The van der Waals surface area contributed by atoms with Gasteiger partial charge in [0.25, 0.3) is 0 Å². The molecule has 3 rings (SSSR count). The Balaban J connectivity index is 1.90. The van der Waals surface area contributed by atoms with E-state index in [-0.39, 0.29) is 5.41 Å². The number of hydrogen-bond acceptors (Lipinski definition) is 4. The van der Waals surface area contributed by atoms with Gasteiger partial charge in [-0.15, -0.1) is 0 Å². The Morgan fingerprint density at radius 1 is 1.28 bits per heavy atom. The van der Waals surface area contributed by atoms with E-state index in [1.54, 1.807) is 6.08 Å². The van der Waals surface area contributed by atoms with Gasteiger partial charge in [-0.3, -0.25) is 0 Å². The molecule has 1 heterocycles. The molecule has 4 heteroatoms. The molecule has 0 unspecified atom stereocenters. The van der Waals surface area contributed by atoms with Crippen LogP contribution >= 0.6 is 0 Å². The van der Waals surface area contributed by atoms with E-state index in [1.807, 2.05) is 19.1 Å². The molecule has 1 aromatic carbocycles. The van der Waals surface area contributed by atoms with Gasteiger partial charge in [-0.25, -0.2) is 9.79 Å². The molecule has 94 valence electrons. The molecule has 1 saturated carbocycles. The van der Waals surface area contributed by atoms with Crippen LogP contribution in [0.5, 0.6) is 11.5 Å². The average molecular weight is 245 g/mol. The molecule has 1 aliphatic heterocycles. The number of isocyanates is 1. The molecule has 0 aromatic heterocycles. The molecular weight excluding hydrogens is 230 g/mol. The summed E-state index contributed by atoms with van der Waals surface area (Å²) in [6, 6.07) is 3.89. The maximum absolute atomic E-state index is 10.2. The van der Waals surface area contributed by atoms with Gasteiger partial charge in [-0.05, 0) is 43.0 Å². The Hall–Kier alpha value is -1.80. The Bertz CT molecular complexity index is 528. The fourth-order valence-corrected chi connectivity index (χ4v) is 2.19. The van der Waals surface area contributed by atoms with Crippen molar-refractivity contribution < 1.29 is 14.3 Å². The van der Waals surface area contributed by atoms with Crippen LogP contribution in [0, 0.1) is 12.3 Å². The van der Waals surface area contributed by atoms with Crippen LogP contribution in [0.2, 0.25) is 0 Å². The van der Waals surface area contributed by atoms with E-state index in [2.05, 4.69) is 4.99 Å². The van der Waals surface area contributed by atoms with Gasteiger partial charge < -0.3 is 9.47 Å². The van der Waals surface area contributed by atoms with Gasteiger partial charge in [0, 0.05) is 5.41 Å². The molecule has 1 fully saturated rings. The third-order valence-corrected chi connectivity index (χ3v) is 3.74. The molecular formula is C14H15NO3. The molecule has 1 aromatic rings. The number of fused-ring (bicyclic) bond motifs is 1. The number of aliphatic imine (C=N–C) groups is 1. The molecule has 18 heavy (non-hydrogen) atoms. The zero-order chi connectivity index (χ0) is 12.6. The summed E-state index contributed by atoms with van der Waals surface area (Å²) in [7, 11) is 0. The first-order valence-corrected chi connectivity index (χ1v) is 6.15. The second kappa shape index (κ2) is 4.14. The van der Waals surface area contributed by atoms with Crippen LogP contribution in [0.25, 0.3) is 0 Å². The van der Waals surface area contributed by atoms with E-state index in [1.165, 1.54) is 12.8 Å². The van der Waals surface area contributed by atoms with Crippen molar-refractivity contribution in [2.45, 2.75) is 26.3 Å². The normalized spacial score (nSPS) is 18.9. The number of ether oxygens (including phenoxy) is 2. The predicted molar refractivity (Wildman–Crippen MR) is 65.7 cm³/mol. The van der Waals surface area contributed by atoms with Crippen molar-refractivity contribution in [3.05, 3.63) is 23.3 Å². The fourth-order valence-electron chi connectivity index (χ4n) is 2.19. The maximum atomic E-state index is 10.2. The number of rotatable bonds is 2. The van der Waals surface area contributed by atoms with Crippen molar-refractivity contribution in [1.82, 2.24) is 0 Å². The van der Waals surface area contributed by atoms with E-state index >= 15 is 0 Å². The Morgan fingerprint density at radius 3 is 2.56 bits per heavy atom. The quantitative estimate of drug-likeness (QED) is 0.593. The molecule has 2 aliphatic rings. The zero-order valence-corrected chi connectivity index (χ0v) is 10.4. The highest BCUT2D eigenvalue weighted by Gasteiger charge is 2.46. The third kappa shape index (κ3) is 2.00. The standard InChI is InChI=1S/C14H15NO3/c1-10-4-12-13(5-11(10)6-15-9-16)18-8-14(2-3-14)7-17-12/h4-5H,2-3,6-8H2,1H3. The second-order valence-electron chi connectivity index (χ2n) is 5.21. The SMILES string of the molecule is Cc1cc2c(cc1CN=C=O)OCC1(CC1)CO2. The monoisotopic (exact) mass is 245 g/mol. The van der Waals surface area contributed by atoms with Gasteiger partial charge in [-0.1, -0.05) is 0 Å². The lowest BCUT2D eigenvalue weighted by atomic mass is 10.1. The van der Waals surface area contributed by atoms with Crippen LogP contribution in [-0.2, 0) is 11.3 Å². The highest BCUT2D eigenvalue weighted by atomic mass is 16.5. The molecule has 1 spiro atoms. The van der Waals surface area contributed by atoms with Crippen molar-refractivity contribution in [3.8, 4) is 11.5 Å². The third-order valence-electron chi connectivity index (χ3n) is 3.74. The zero-order valence-electron chi connectivity index (χ0n) is 10.4. The van der Waals surface area contributed by atoms with Gasteiger partial charge in [0.2, 0.25) is 6.08 Å². The highest BCUT2D eigenvalue weighted by Crippen LogP contribution is 2.49. The summed E-state index contributed by atoms with van der Waals surface area (Å²) in [5, 5.41) is 0. The summed E-state index contributed by atoms with van der Waals surface area (Å²) >= 11 is 0. The van der Waals surface area contributed by atoms with Gasteiger partial charge >= 0.3 is 0 Å². The molecule has 0 N–H and O–H groups in total. The first-order chi connectivity index (χ1) is 8.72. The first-order valence-electron chi connectivity index (χ1n) is 6.15. The number of aryl methyl sites for hydroxylation is 1. The Morgan fingerprint density at radius 2 is 1.94 bits per heavy atom. The van der Waals surface area contributed by atoms with Crippen molar-refractivity contribution >= 4 is 6.08 Å².